The lowest BCUT2D eigenvalue weighted by Gasteiger charge is -2.14. The summed E-state index contributed by atoms with van der Waals surface area (Å²) in [4.78, 5) is 29.8. The van der Waals surface area contributed by atoms with Gasteiger partial charge in [0.25, 0.3) is 0 Å². The van der Waals surface area contributed by atoms with Crippen molar-refractivity contribution in [2.45, 2.75) is 12.7 Å². The van der Waals surface area contributed by atoms with E-state index in [9.17, 15) is 27.2 Å². The Balaban J connectivity index is 1.83. The molecule has 0 radical (unpaired) electrons. The SMILES string of the molecule is COc1ccc(C(=O)c2cn(Cc3cccc(C(F)(F)F)n3)c3ccccc3c2=O)cc1F. The van der Waals surface area contributed by atoms with Crippen LogP contribution < -0.4 is 10.2 Å². The van der Waals surface area contributed by atoms with Crippen LogP contribution in [0.15, 0.2) is 71.7 Å². The summed E-state index contributed by atoms with van der Waals surface area (Å²) in [6.45, 7) is -0.123. The third-order valence-corrected chi connectivity index (χ3v) is 5.08. The number of para-hydroxylation sites is 1. The summed E-state index contributed by atoms with van der Waals surface area (Å²) in [6.07, 6.45) is -3.35. The fourth-order valence-electron chi connectivity index (χ4n) is 3.50. The molecule has 9 heteroatoms. The predicted molar refractivity (Wildman–Crippen MR) is 113 cm³/mol. The van der Waals surface area contributed by atoms with Gasteiger partial charge in [0.15, 0.2) is 17.3 Å². The minimum Gasteiger partial charge on any atom is -0.494 e. The summed E-state index contributed by atoms with van der Waals surface area (Å²) in [6, 6.07) is 13.5. The molecular weight excluding hydrogens is 440 g/mol. The second kappa shape index (κ2) is 8.50. The van der Waals surface area contributed by atoms with Gasteiger partial charge in [-0.15, -0.1) is 0 Å². The van der Waals surface area contributed by atoms with Crippen LogP contribution in [0.5, 0.6) is 5.75 Å². The van der Waals surface area contributed by atoms with E-state index in [1.807, 2.05) is 0 Å². The molecule has 4 aromatic rings. The number of benzene rings is 2. The van der Waals surface area contributed by atoms with Crippen molar-refractivity contribution >= 4 is 16.7 Å². The zero-order chi connectivity index (χ0) is 23.8. The van der Waals surface area contributed by atoms with Crippen molar-refractivity contribution in [3.8, 4) is 5.75 Å². The molecule has 33 heavy (non-hydrogen) atoms. The Morgan fingerprint density at radius 2 is 1.82 bits per heavy atom. The van der Waals surface area contributed by atoms with Crippen LogP contribution in [0.2, 0.25) is 0 Å². The number of aromatic nitrogens is 2. The molecule has 0 amide bonds. The first-order valence-electron chi connectivity index (χ1n) is 9.72. The number of ketones is 1. The molecule has 0 N–H and O–H groups in total. The predicted octanol–water partition coefficient (Wildman–Crippen LogP) is 4.84. The van der Waals surface area contributed by atoms with Gasteiger partial charge in [0.05, 0.1) is 30.4 Å². The minimum absolute atomic E-state index is 0.0573. The molecule has 0 saturated heterocycles. The van der Waals surface area contributed by atoms with Gasteiger partial charge in [-0.05, 0) is 42.5 Å². The van der Waals surface area contributed by atoms with Gasteiger partial charge in [0.2, 0.25) is 5.43 Å². The average molecular weight is 456 g/mol. The van der Waals surface area contributed by atoms with Crippen LogP contribution in [0.25, 0.3) is 10.9 Å². The molecule has 0 spiro atoms. The fraction of sp³-hybridized carbons (Fsp3) is 0.125. The number of ether oxygens (including phenoxy) is 1. The molecule has 5 nitrogen and oxygen atoms in total. The summed E-state index contributed by atoms with van der Waals surface area (Å²) in [5.41, 5.74) is -1.42. The highest BCUT2D eigenvalue weighted by molar-refractivity contribution is 6.10. The summed E-state index contributed by atoms with van der Waals surface area (Å²) in [5, 5.41) is 0.198. The monoisotopic (exact) mass is 456 g/mol. The normalized spacial score (nSPS) is 11.5. The number of rotatable bonds is 5. The van der Waals surface area contributed by atoms with Crippen LogP contribution in [0.1, 0.15) is 27.3 Å². The standard InChI is InChI=1S/C24H16F4N2O3/c1-33-20-10-9-14(11-18(20)25)22(31)17-13-30(19-7-3-2-6-16(19)23(17)32)12-15-5-4-8-21(29-15)24(26,27)28/h2-11,13H,12H2,1H3. The molecule has 0 fully saturated rings. The van der Waals surface area contributed by atoms with E-state index in [0.717, 1.165) is 12.1 Å². The number of hydrogen-bond donors (Lipinski definition) is 0. The Kier molecular flexibility index (Phi) is 5.71. The third kappa shape index (κ3) is 4.34. The second-order valence-electron chi connectivity index (χ2n) is 7.21. The van der Waals surface area contributed by atoms with E-state index < -0.39 is 28.9 Å². The van der Waals surface area contributed by atoms with Crippen molar-refractivity contribution in [1.82, 2.24) is 9.55 Å². The number of hydrogen-bond acceptors (Lipinski definition) is 4. The highest BCUT2D eigenvalue weighted by Crippen LogP contribution is 2.27. The van der Waals surface area contributed by atoms with Gasteiger partial charge in [-0.3, -0.25) is 9.59 Å². The van der Waals surface area contributed by atoms with Gasteiger partial charge in [-0.2, -0.15) is 13.2 Å². The first-order valence-corrected chi connectivity index (χ1v) is 9.72. The molecule has 0 aliphatic carbocycles. The van der Waals surface area contributed by atoms with E-state index in [0.29, 0.717) is 5.52 Å². The van der Waals surface area contributed by atoms with Crippen molar-refractivity contribution in [2.75, 3.05) is 7.11 Å². The summed E-state index contributed by atoms with van der Waals surface area (Å²) in [5.74, 6) is -1.55. The number of nitrogens with zero attached hydrogens (tertiary/aromatic N) is 2. The molecule has 0 aliphatic rings. The van der Waals surface area contributed by atoms with Crippen LogP contribution in [0.4, 0.5) is 17.6 Å². The van der Waals surface area contributed by atoms with E-state index in [1.165, 1.54) is 48.2 Å². The molecule has 0 atom stereocenters. The Labute approximate surface area is 184 Å². The van der Waals surface area contributed by atoms with Gasteiger partial charge in [-0.1, -0.05) is 18.2 Å². The number of carbonyl (C=O) groups is 1. The maximum Gasteiger partial charge on any atom is 0.433 e. The molecular formula is C24H16F4N2O3. The van der Waals surface area contributed by atoms with Crippen LogP contribution in [0.3, 0.4) is 0 Å². The van der Waals surface area contributed by atoms with Crippen LogP contribution in [-0.4, -0.2) is 22.4 Å². The van der Waals surface area contributed by atoms with E-state index in [-0.39, 0.29) is 34.5 Å². The zero-order valence-corrected chi connectivity index (χ0v) is 17.2. The fourth-order valence-corrected chi connectivity index (χ4v) is 3.50. The molecule has 168 valence electrons. The molecule has 0 bridgehead atoms. The lowest BCUT2D eigenvalue weighted by atomic mass is 10.0. The van der Waals surface area contributed by atoms with E-state index in [1.54, 1.807) is 18.2 Å². The van der Waals surface area contributed by atoms with Crippen molar-refractivity contribution in [3.63, 3.8) is 0 Å². The van der Waals surface area contributed by atoms with Crippen molar-refractivity contribution in [3.05, 3.63) is 105 Å². The van der Waals surface area contributed by atoms with E-state index in [2.05, 4.69) is 4.98 Å². The highest BCUT2D eigenvalue weighted by Gasteiger charge is 2.32. The summed E-state index contributed by atoms with van der Waals surface area (Å²) < 4.78 is 59.6. The lowest BCUT2D eigenvalue weighted by Crippen LogP contribution is -2.20. The number of halogens is 4. The summed E-state index contributed by atoms with van der Waals surface area (Å²) in [7, 11) is 1.28. The number of pyridine rings is 2. The Morgan fingerprint density at radius 3 is 2.52 bits per heavy atom. The van der Waals surface area contributed by atoms with Crippen molar-refractivity contribution in [2.24, 2.45) is 0 Å². The number of carbonyl (C=O) groups excluding carboxylic acids is 1. The maximum absolute atomic E-state index is 14.1. The quantitative estimate of drug-likeness (QED) is 0.319. The lowest BCUT2D eigenvalue weighted by molar-refractivity contribution is -0.141. The maximum atomic E-state index is 14.1. The molecule has 2 aromatic carbocycles. The van der Waals surface area contributed by atoms with Crippen LogP contribution in [-0.2, 0) is 12.7 Å². The van der Waals surface area contributed by atoms with Gasteiger partial charge >= 0.3 is 6.18 Å². The number of alkyl halides is 3. The average Bonchev–Trinajstić information content (AvgIpc) is 2.80. The largest absolute Gasteiger partial charge is 0.494 e. The molecule has 0 saturated carbocycles. The first kappa shape index (κ1) is 22.2. The molecule has 0 aliphatic heterocycles. The van der Waals surface area contributed by atoms with Crippen LogP contribution >= 0.6 is 0 Å². The van der Waals surface area contributed by atoms with Gasteiger partial charge < -0.3 is 9.30 Å². The molecule has 0 unspecified atom stereocenters. The smallest absolute Gasteiger partial charge is 0.433 e. The number of methoxy groups -OCH3 is 1. The second-order valence-corrected chi connectivity index (χ2v) is 7.21. The first-order chi connectivity index (χ1) is 15.7. The third-order valence-electron chi connectivity index (χ3n) is 5.08. The Hall–Kier alpha value is -4.01. The van der Waals surface area contributed by atoms with Gasteiger partial charge in [0.1, 0.15) is 5.69 Å². The Bertz CT molecular complexity index is 1430. The highest BCUT2D eigenvalue weighted by atomic mass is 19.4. The van der Waals surface area contributed by atoms with Gasteiger partial charge in [0, 0.05) is 17.1 Å². The molecule has 2 heterocycles. The summed E-state index contributed by atoms with van der Waals surface area (Å²) >= 11 is 0. The van der Waals surface area contributed by atoms with E-state index in [4.69, 9.17) is 4.74 Å². The zero-order valence-electron chi connectivity index (χ0n) is 17.2. The minimum atomic E-state index is -4.61. The van der Waals surface area contributed by atoms with Gasteiger partial charge in [-0.25, -0.2) is 9.37 Å². The van der Waals surface area contributed by atoms with Crippen molar-refractivity contribution < 1.29 is 27.1 Å². The molecule has 4 rings (SSSR count). The van der Waals surface area contributed by atoms with Crippen LogP contribution in [0, 0.1) is 5.82 Å². The number of fused-ring (bicyclic) bond motifs is 1. The molecule has 2 aromatic heterocycles. The Morgan fingerprint density at radius 1 is 1.06 bits per heavy atom. The van der Waals surface area contributed by atoms with E-state index >= 15 is 0 Å². The topological polar surface area (TPSA) is 61.2 Å². The van der Waals surface area contributed by atoms with Crippen molar-refractivity contribution in [1.29, 1.82) is 0 Å².